The molecule has 10 heteroatoms. The van der Waals surface area contributed by atoms with Gasteiger partial charge in [0.25, 0.3) is 0 Å². The normalized spacial score (nSPS) is 28.4. The number of ether oxygens (including phenoxy) is 3. The lowest BCUT2D eigenvalue weighted by atomic mass is 9.65. The average molecular weight is 552 g/mol. The standard InChI is InChI=1S/C30H37N3O7/c1-4-29-15-16-30(40-29)24(23(29)26(35)31-19-9-13-22(14-10-19)39-5-2)28(37)33(17-6-18-34)25(30)27(36)32-20-7-11-21(38-3)12-8-20/h7-14,23-25,34H,4-6,15-18H2,1-3H3,(H,31,35)(H,32,36)/t23-,24+,25?,29+,30?/m1/s1. The van der Waals surface area contributed by atoms with Crippen LogP contribution < -0.4 is 20.1 Å². The SMILES string of the molecule is CCOc1ccc(NC(=O)[C@H]2[C@H]3C(=O)N(CCCO)C(C(=O)Nc4ccc(OC)cc4)C34CC[C@]2(CC)O4)cc1. The Morgan fingerprint density at radius 3 is 2.20 bits per heavy atom. The molecule has 40 heavy (non-hydrogen) atoms. The monoisotopic (exact) mass is 551 g/mol. The highest BCUT2D eigenvalue weighted by Crippen LogP contribution is 2.64. The Kier molecular flexibility index (Phi) is 7.74. The molecule has 3 fully saturated rings. The minimum atomic E-state index is -1.14. The van der Waals surface area contributed by atoms with Crippen LogP contribution in [0.2, 0.25) is 0 Å². The fourth-order valence-electron chi connectivity index (χ4n) is 6.80. The van der Waals surface area contributed by atoms with Gasteiger partial charge in [-0.05, 0) is 81.1 Å². The summed E-state index contributed by atoms with van der Waals surface area (Å²) in [5.74, 6) is -1.19. The lowest BCUT2D eigenvalue weighted by Crippen LogP contribution is -2.53. The van der Waals surface area contributed by atoms with Gasteiger partial charge in [-0.25, -0.2) is 0 Å². The predicted octanol–water partition coefficient (Wildman–Crippen LogP) is 3.21. The molecular weight excluding hydrogens is 514 g/mol. The second-order valence-electron chi connectivity index (χ2n) is 10.6. The maximum absolute atomic E-state index is 14.0. The maximum atomic E-state index is 14.0. The number of benzene rings is 2. The summed E-state index contributed by atoms with van der Waals surface area (Å²) >= 11 is 0. The zero-order valence-corrected chi connectivity index (χ0v) is 23.1. The van der Waals surface area contributed by atoms with Crippen LogP contribution in [0.15, 0.2) is 48.5 Å². The minimum Gasteiger partial charge on any atom is -0.497 e. The van der Waals surface area contributed by atoms with E-state index in [-0.39, 0.29) is 30.9 Å². The molecule has 3 aliphatic rings. The van der Waals surface area contributed by atoms with Crippen LogP contribution in [-0.2, 0) is 19.1 Å². The second kappa shape index (κ2) is 11.1. The molecule has 5 rings (SSSR count). The third-order valence-corrected chi connectivity index (χ3v) is 8.56. The first-order valence-electron chi connectivity index (χ1n) is 13.9. The van der Waals surface area contributed by atoms with Gasteiger partial charge in [-0.15, -0.1) is 0 Å². The summed E-state index contributed by atoms with van der Waals surface area (Å²) in [5, 5.41) is 15.5. The Hall–Kier alpha value is -3.63. The van der Waals surface area contributed by atoms with Crippen LogP contribution in [0.1, 0.15) is 39.5 Å². The molecule has 2 bridgehead atoms. The van der Waals surface area contributed by atoms with Crippen LogP contribution in [0, 0.1) is 11.8 Å². The number of carbonyl (C=O) groups excluding carboxylic acids is 3. The van der Waals surface area contributed by atoms with Gasteiger partial charge in [-0.2, -0.15) is 0 Å². The Bertz CT molecular complexity index is 1250. The molecule has 0 saturated carbocycles. The van der Waals surface area contributed by atoms with E-state index in [1.165, 1.54) is 4.90 Å². The summed E-state index contributed by atoms with van der Waals surface area (Å²) in [4.78, 5) is 43.3. The van der Waals surface area contributed by atoms with E-state index in [4.69, 9.17) is 14.2 Å². The molecule has 2 aromatic carbocycles. The molecule has 2 unspecified atom stereocenters. The molecule has 5 atom stereocenters. The van der Waals surface area contributed by atoms with Crippen molar-refractivity contribution in [3.05, 3.63) is 48.5 Å². The first-order chi connectivity index (χ1) is 19.3. The quantitative estimate of drug-likeness (QED) is 0.392. The van der Waals surface area contributed by atoms with Gasteiger partial charge >= 0.3 is 0 Å². The number of hydrogen-bond acceptors (Lipinski definition) is 7. The van der Waals surface area contributed by atoms with Gasteiger partial charge in [0.2, 0.25) is 17.7 Å². The van der Waals surface area contributed by atoms with Crippen molar-refractivity contribution in [1.29, 1.82) is 0 Å². The Morgan fingerprint density at radius 2 is 1.62 bits per heavy atom. The number of aliphatic hydroxyl groups excluding tert-OH is 1. The molecule has 2 aromatic rings. The van der Waals surface area contributed by atoms with Gasteiger partial charge in [0.05, 0.1) is 31.2 Å². The lowest BCUT2D eigenvalue weighted by Gasteiger charge is -2.34. The molecule has 3 amide bonds. The van der Waals surface area contributed by atoms with E-state index >= 15 is 0 Å². The number of rotatable bonds is 11. The number of nitrogens with zero attached hydrogens (tertiary/aromatic N) is 1. The fraction of sp³-hybridized carbons (Fsp3) is 0.500. The van der Waals surface area contributed by atoms with Gasteiger partial charge in [0.1, 0.15) is 23.1 Å². The molecular formula is C30H37N3O7. The van der Waals surface area contributed by atoms with E-state index < -0.39 is 29.1 Å². The zero-order valence-electron chi connectivity index (χ0n) is 23.1. The highest BCUT2D eigenvalue weighted by Gasteiger charge is 2.78. The molecule has 214 valence electrons. The Balaban J connectivity index is 1.46. The van der Waals surface area contributed by atoms with Crippen LogP contribution in [0.3, 0.4) is 0 Å². The number of anilines is 2. The fourth-order valence-corrected chi connectivity index (χ4v) is 6.80. The number of likely N-dealkylation sites (tertiary alicyclic amines) is 1. The highest BCUT2D eigenvalue weighted by atomic mass is 16.5. The van der Waals surface area contributed by atoms with Crippen LogP contribution in [0.5, 0.6) is 11.5 Å². The summed E-state index contributed by atoms with van der Waals surface area (Å²) in [7, 11) is 1.57. The highest BCUT2D eigenvalue weighted by molar-refractivity contribution is 6.05. The van der Waals surface area contributed by atoms with Crippen molar-refractivity contribution in [2.75, 3.05) is 37.5 Å². The minimum absolute atomic E-state index is 0.129. The van der Waals surface area contributed by atoms with Crippen LogP contribution in [0.4, 0.5) is 11.4 Å². The van der Waals surface area contributed by atoms with Crippen LogP contribution in [-0.4, -0.2) is 71.8 Å². The van der Waals surface area contributed by atoms with Gasteiger partial charge in [-0.3, -0.25) is 14.4 Å². The predicted molar refractivity (Wildman–Crippen MR) is 148 cm³/mol. The summed E-state index contributed by atoms with van der Waals surface area (Å²) in [6.45, 7) is 4.45. The number of nitrogens with one attached hydrogen (secondary N) is 2. The van der Waals surface area contributed by atoms with E-state index in [1.54, 1.807) is 55.6 Å². The summed E-state index contributed by atoms with van der Waals surface area (Å²) in [6, 6.07) is 13.1. The smallest absolute Gasteiger partial charge is 0.250 e. The van der Waals surface area contributed by atoms with Crippen molar-refractivity contribution in [3.63, 3.8) is 0 Å². The largest absolute Gasteiger partial charge is 0.497 e. The summed E-state index contributed by atoms with van der Waals surface area (Å²) in [6.07, 6.45) is 1.89. The summed E-state index contributed by atoms with van der Waals surface area (Å²) in [5.41, 5.74) is -0.840. The number of amides is 3. The van der Waals surface area contributed by atoms with Gasteiger partial charge in [0.15, 0.2) is 0 Å². The first-order valence-corrected chi connectivity index (χ1v) is 13.9. The molecule has 3 heterocycles. The molecule has 3 aliphatic heterocycles. The molecule has 0 aliphatic carbocycles. The van der Waals surface area contributed by atoms with Gasteiger partial charge < -0.3 is 34.9 Å². The summed E-state index contributed by atoms with van der Waals surface area (Å²) < 4.78 is 17.5. The third-order valence-electron chi connectivity index (χ3n) is 8.56. The molecule has 3 N–H and O–H groups in total. The zero-order chi connectivity index (χ0) is 28.5. The van der Waals surface area contributed by atoms with E-state index in [1.807, 2.05) is 13.8 Å². The van der Waals surface area contributed by atoms with E-state index in [0.29, 0.717) is 55.2 Å². The first kappa shape index (κ1) is 27.9. The molecule has 0 radical (unpaired) electrons. The van der Waals surface area contributed by atoms with Crippen molar-refractivity contribution in [3.8, 4) is 11.5 Å². The van der Waals surface area contributed by atoms with E-state index in [2.05, 4.69) is 10.6 Å². The maximum Gasteiger partial charge on any atom is 0.250 e. The number of methoxy groups -OCH3 is 1. The number of carbonyl (C=O) groups is 3. The second-order valence-corrected chi connectivity index (χ2v) is 10.6. The lowest BCUT2D eigenvalue weighted by molar-refractivity contribution is -0.144. The van der Waals surface area contributed by atoms with Crippen molar-refractivity contribution in [2.24, 2.45) is 11.8 Å². The van der Waals surface area contributed by atoms with Crippen molar-refractivity contribution in [2.45, 2.75) is 56.8 Å². The van der Waals surface area contributed by atoms with Crippen LogP contribution >= 0.6 is 0 Å². The van der Waals surface area contributed by atoms with E-state index in [9.17, 15) is 19.5 Å². The van der Waals surface area contributed by atoms with Crippen molar-refractivity contribution < 1.29 is 33.7 Å². The molecule has 3 saturated heterocycles. The number of fused-ring (bicyclic) bond motifs is 1. The number of aliphatic hydroxyl groups is 1. The van der Waals surface area contributed by atoms with Crippen molar-refractivity contribution in [1.82, 2.24) is 4.90 Å². The van der Waals surface area contributed by atoms with Crippen molar-refractivity contribution >= 4 is 29.1 Å². The Morgan fingerprint density at radius 1 is 1.00 bits per heavy atom. The van der Waals surface area contributed by atoms with Gasteiger partial charge in [0, 0.05) is 24.5 Å². The topological polar surface area (TPSA) is 126 Å². The Labute approximate surface area is 234 Å². The molecule has 1 spiro atoms. The van der Waals surface area contributed by atoms with E-state index in [0.717, 1.165) is 0 Å². The molecule has 10 nitrogen and oxygen atoms in total. The number of hydrogen-bond donors (Lipinski definition) is 3. The molecule has 0 aromatic heterocycles. The average Bonchev–Trinajstić information content (AvgIpc) is 3.57. The third kappa shape index (κ3) is 4.58. The van der Waals surface area contributed by atoms with Gasteiger partial charge in [-0.1, -0.05) is 6.92 Å². The van der Waals surface area contributed by atoms with Crippen LogP contribution in [0.25, 0.3) is 0 Å².